The van der Waals surface area contributed by atoms with Gasteiger partial charge in [0.05, 0.1) is 23.9 Å². The van der Waals surface area contributed by atoms with Gasteiger partial charge in [-0.1, -0.05) is 44.0 Å². The molecule has 1 saturated carbocycles. The Kier molecular flexibility index (Phi) is 5.95. The summed E-state index contributed by atoms with van der Waals surface area (Å²) in [7, 11) is 1.70. The maximum atomic E-state index is 13.2. The van der Waals surface area contributed by atoms with E-state index in [1.54, 1.807) is 36.2 Å². The third-order valence-corrected chi connectivity index (χ3v) is 6.26. The Hall–Kier alpha value is -2.12. The lowest BCUT2D eigenvalue weighted by Crippen LogP contribution is -2.59. The molecule has 8 heteroatoms. The van der Waals surface area contributed by atoms with E-state index < -0.39 is 5.54 Å². The quantitative estimate of drug-likeness (QED) is 0.736. The molecule has 2 aliphatic rings. The molecule has 1 aliphatic heterocycles. The first-order valence-electron chi connectivity index (χ1n) is 9.62. The molecule has 7 nitrogen and oxygen atoms in total. The maximum Gasteiger partial charge on any atom is 0.326 e. The zero-order valence-electron chi connectivity index (χ0n) is 16.5. The minimum atomic E-state index is -0.823. The summed E-state index contributed by atoms with van der Waals surface area (Å²) in [5, 5.41) is 6.16. The number of nitrogens with zero attached hydrogens (tertiary/aromatic N) is 2. The summed E-state index contributed by atoms with van der Waals surface area (Å²) < 4.78 is 0. The lowest BCUT2D eigenvalue weighted by molar-refractivity contribution is -0.138. The number of carbonyl (C=O) groups excluding carboxylic acids is 3. The summed E-state index contributed by atoms with van der Waals surface area (Å²) in [6.07, 6.45) is 2.90. The highest BCUT2D eigenvalue weighted by Gasteiger charge is 2.58. The average molecular weight is 407 g/mol. The fraction of sp³-hybridized carbons (Fsp3) is 0.550. The van der Waals surface area contributed by atoms with Gasteiger partial charge in [-0.25, -0.2) is 9.69 Å². The van der Waals surface area contributed by atoms with E-state index >= 15 is 0 Å². The first-order chi connectivity index (χ1) is 13.3. The monoisotopic (exact) mass is 406 g/mol. The van der Waals surface area contributed by atoms with Gasteiger partial charge in [0.25, 0.3) is 5.91 Å². The molecular formula is C20H27ClN4O3. The molecule has 152 valence electrons. The Bertz CT molecular complexity index is 774. The fourth-order valence-corrected chi connectivity index (χ4v) is 4.55. The number of para-hydroxylation sites is 1. The van der Waals surface area contributed by atoms with Gasteiger partial charge in [0, 0.05) is 0 Å². The number of benzene rings is 1. The molecule has 1 heterocycles. The third kappa shape index (κ3) is 3.73. The summed E-state index contributed by atoms with van der Waals surface area (Å²) in [6, 6.07) is 6.59. The van der Waals surface area contributed by atoms with Crippen LogP contribution in [0.15, 0.2) is 24.3 Å². The highest BCUT2D eigenvalue weighted by molar-refractivity contribution is 6.33. The van der Waals surface area contributed by atoms with E-state index in [0.29, 0.717) is 10.7 Å². The molecular weight excluding hydrogens is 380 g/mol. The van der Waals surface area contributed by atoms with Gasteiger partial charge in [0.1, 0.15) is 5.54 Å². The summed E-state index contributed by atoms with van der Waals surface area (Å²) in [5.41, 5.74) is -0.294. The SMILES string of the molecule is CC1CCCC(C)C12NC(=O)N(CN(C)CC(=O)Nc1ccccc1Cl)C2=O. The first kappa shape index (κ1) is 20.6. The molecule has 1 saturated heterocycles. The van der Waals surface area contributed by atoms with Gasteiger partial charge < -0.3 is 10.6 Å². The summed E-state index contributed by atoms with van der Waals surface area (Å²) >= 11 is 6.06. The van der Waals surface area contributed by atoms with Crippen LogP contribution < -0.4 is 10.6 Å². The minimum Gasteiger partial charge on any atom is -0.324 e. The zero-order chi connectivity index (χ0) is 20.5. The number of amides is 4. The molecule has 4 amide bonds. The van der Waals surface area contributed by atoms with Gasteiger partial charge in [0.2, 0.25) is 5.91 Å². The van der Waals surface area contributed by atoms with Crippen molar-refractivity contribution in [1.82, 2.24) is 15.1 Å². The summed E-state index contributed by atoms with van der Waals surface area (Å²) in [5.74, 6) is -0.273. The van der Waals surface area contributed by atoms with Crippen LogP contribution in [0, 0.1) is 11.8 Å². The van der Waals surface area contributed by atoms with Crippen LogP contribution >= 0.6 is 11.6 Å². The predicted octanol–water partition coefficient (Wildman–Crippen LogP) is 2.91. The predicted molar refractivity (Wildman–Crippen MR) is 108 cm³/mol. The van der Waals surface area contributed by atoms with Crippen molar-refractivity contribution in [3.8, 4) is 0 Å². The summed E-state index contributed by atoms with van der Waals surface area (Å²) in [6.45, 7) is 4.14. The van der Waals surface area contributed by atoms with E-state index in [4.69, 9.17) is 11.6 Å². The van der Waals surface area contributed by atoms with E-state index in [1.165, 1.54) is 4.90 Å². The molecule has 0 aromatic heterocycles. The van der Waals surface area contributed by atoms with Crippen LogP contribution in [0.2, 0.25) is 5.02 Å². The Labute approximate surface area is 170 Å². The number of imide groups is 1. The first-order valence-corrected chi connectivity index (χ1v) is 10.0. The number of halogens is 1. The average Bonchev–Trinajstić information content (AvgIpc) is 2.87. The van der Waals surface area contributed by atoms with Crippen molar-refractivity contribution in [3.05, 3.63) is 29.3 Å². The number of urea groups is 1. The largest absolute Gasteiger partial charge is 0.326 e. The number of rotatable bonds is 5. The van der Waals surface area contributed by atoms with Crippen LogP contribution in [-0.2, 0) is 9.59 Å². The standard InChI is InChI=1S/C20H27ClN4O3/c1-13-7-6-8-14(2)20(13)18(27)25(19(28)23-20)12-24(3)11-17(26)22-16-10-5-4-9-15(16)21/h4-5,9-10,13-14H,6-8,11-12H2,1-3H3,(H,22,26)(H,23,28). The van der Waals surface area contributed by atoms with Crippen LogP contribution in [0.25, 0.3) is 0 Å². The van der Waals surface area contributed by atoms with Crippen LogP contribution in [0.3, 0.4) is 0 Å². The van der Waals surface area contributed by atoms with Crippen LogP contribution in [0.1, 0.15) is 33.1 Å². The van der Waals surface area contributed by atoms with Gasteiger partial charge in [-0.15, -0.1) is 0 Å². The molecule has 3 rings (SSSR count). The lowest BCUT2D eigenvalue weighted by atomic mass is 9.67. The topological polar surface area (TPSA) is 81.8 Å². The Balaban J connectivity index is 1.63. The second-order valence-corrected chi connectivity index (χ2v) is 8.36. The molecule has 1 aliphatic carbocycles. The van der Waals surface area contributed by atoms with Crippen LogP contribution in [0.4, 0.5) is 10.5 Å². The molecule has 2 fully saturated rings. The maximum absolute atomic E-state index is 13.2. The number of anilines is 1. The molecule has 2 N–H and O–H groups in total. The minimum absolute atomic E-state index is 0.0282. The normalized spacial score (nSPS) is 27.4. The molecule has 0 radical (unpaired) electrons. The van der Waals surface area contributed by atoms with E-state index in [-0.39, 0.29) is 42.9 Å². The highest BCUT2D eigenvalue weighted by atomic mass is 35.5. The molecule has 2 atom stereocenters. The van der Waals surface area contributed by atoms with E-state index in [1.807, 2.05) is 13.8 Å². The van der Waals surface area contributed by atoms with Crippen molar-refractivity contribution in [2.45, 2.75) is 38.6 Å². The summed E-state index contributed by atoms with van der Waals surface area (Å²) in [4.78, 5) is 40.9. The van der Waals surface area contributed by atoms with Gasteiger partial charge >= 0.3 is 6.03 Å². The van der Waals surface area contributed by atoms with Crippen molar-refractivity contribution in [2.75, 3.05) is 25.6 Å². The van der Waals surface area contributed by atoms with Crippen molar-refractivity contribution >= 4 is 35.1 Å². The van der Waals surface area contributed by atoms with Crippen molar-refractivity contribution in [1.29, 1.82) is 0 Å². The zero-order valence-corrected chi connectivity index (χ0v) is 17.3. The van der Waals surface area contributed by atoms with Crippen molar-refractivity contribution in [2.24, 2.45) is 11.8 Å². The number of hydrogen-bond acceptors (Lipinski definition) is 4. The van der Waals surface area contributed by atoms with Crippen molar-refractivity contribution < 1.29 is 14.4 Å². The fourth-order valence-electron chi connectivity index (χ4n) is 4.37. The van der Waals surface area contributed by atoms with E-state index in [9.17, 15) is 14.4 Å². The highest BCUT2D eigenvalue weighted by Crippen LogP contribution is 2.42. The Morgan fingerprint density at radius 2 is 1.93 bits per heavy atom. The molecule has 28 heavy (non-hydrogen) atoms. The van der Waals surface area contributed by atoms with Gasteiger partial charge in [-0.05, 0) is 43.9 Å². The Morgan fingerprint density at radius 1 is 1.29 bits per heavy atom. The number of carbonyl (C=O) groups is 3. The van der Waals surface area contributed by atoms with Gasteiger partial charge in [-0.3, -0.25) is 14.5 Å². The van der Waals surface area contributed by atoms with E-state index in [0.717, 1.165) is 19.3 Å². The van der Waals surface area contributed by atoms with Crippen LogP contribution in [0.5, 0.6) is 0 Å². The molecule has 1 spiro atoms. The van der Waals surface area contributed by atoms with Gasteiger partial charge in [-0.2, -0.15) is 0 Å². The van der Waals surface area contributed by atoms with Crippen LogP contribution in [-0.4, -0.2) is 53.4 Å². The lowest BCUT2D eigenvalue weighted by Gasteiger charge is -2.42. The molecule has 2 unspecified atom stereocenters. The molecule has 0 bridgehead atoms. The molecule has 1 aromatic carbocycles. The van der Waals surface area contributed by atoms with E-state index in [2.05, 4.69) is 10.6 Å². The number of nitrogens with one attached hydrogen (secondary N) is 2. The van der Waals surface area contributed by atoms with Gasteiger partial charge in [0.15, 0.2) is 0 Å². The number of likely N-dealkylation sites (N-methyl/N-ethyl adjacent to an activating group) is 1. The third-order valence-electron chi connectivity index (χ3n) is 5.93. The van der Waals surface area contributed by atoms with Crippen molar-refractivity contribution in [3.63, 3.8) is 0 Å². The number of hydrogen-bond donors (Lipinski definition) is 2. The molecule has 1 aromatic rings. The second-order valence-electron chi connectivity index (χ2n) is 7.95. The smallest absolute Gasteiger partial charge is 0.324 e. The second kappa shape index (κ2) is 8.09. The Morgan fingerprint density at radius 3 is 2.57 bits per heavy atom.